The number of unbranched alkanes of at least 4 members (excludes halogenated alkanes) is 47. The zero-order chi connectivity index (χ0) is 51.6. The first-order valence-corrected chi connectivity index (χ1v) is 32.2. The number of carbonyl (C=O) groups excluding carboxylic acids is 1. The molecule has 0 aromatic carbocycles. The van der Waals surface area contributed by atoms with Crippen molar-refractivity contribution in [1.29, 1.82) is 0 Å². The fraction of sp³-hybridized carbons (Fsp3) is 0.923. The second-order valence-electron chi connectivity index (χ2n) is 22.5. The summed E-state index contributed by atoms with van der Waals surface area (Å²) in [6, 6.07) is -0.985. The molecule has 0 saturated carbocycles. The molecule has 0 fully saturated rings. The minimum atomic E-state index is -1.26. The Hall–Kier alpha value is -1.21. The molecule has 6 heteroatoms. The summed E-state index contributed by atoms with van der Waals surface area (Å²) >= 11 is 0. The van der Waals surface area contributed by atoms with Crippen LogP contribution in [0, 0.1) is 0 Å². The molecule has 422 valence electrons. The number of rotatable bonds is 60. The Labute approximate surface area is 444 Å². The molecule has 6 nitrogen and oxygen atoms in total. The Morgan fingerprint density at radius 3 is 0.887 bits per heavy atom. The molecule has 5 N–H and O–H groups in total. The van der Waals surface area contributed by atoms with Crippen molar-refractivity contribution in [3.05, 3.63) is 24.3 Å². The first-order valence-electron chi connectivity index (χ1n) is 32.2. The van der Waals surface area contributed by atoms with E-state index < -0.39 is 36.9 Å². The van der Waals surface area contributed by atoms with Gasteiger partial charge in [-0.25, -0.2) is 0 Å². The first kappa shape index (κ1) is 69.8. The van der Waals surface area contributed by atoms with Crippen molar-refractivity contribution in [3.8, 4) is 0 Å². The van der Waals surface area contributed by atoms with Crippen molar-refractivity contribution in [2.24, 2.45) is 0 Å². The van der Waals surface area contributed by atoms with Crippen molar-refractivity contribution >= 4 is 5.91 Å². The fourth-order valence-corrected chi connectivity index (χ4v) is 10.4. The summed E-state index contributed by atoms with van der Waals surface area (Å²) in [6.45, 7) is 4.10. The quantitative estimate of drug-likeness (QED) is 0.0308. The number of nitrogens with one attached hydrogen (secondary N) is 1. The minimum Gasteiger partial charge on any atom is -0.394 e. The van der Waals surface area contributed by atoms with Crippen LogP contribution in [0.15, 0.2) is 24.3 Å². The van der Waals surface area contributed by atoms with Gasteiger partial charge in [0.15, 0.2) is 0 Å². The molecule has 0 rings (SSSR count). The van der Waals surface area contributed by atoms with Gasteiger partial charge in [-0.05, 0) is 44.9 Å². The predicted molar refractivity (Wildman–Crippen MR) is 311 cm³/mol. The zero-order valence-corrected chi connectivity index (χ0v) is 48.0. The number of hydrogen-bond donors (Lipinski definition) is 5. The van der Waals surface area contributed by atoms with Crippen LogP contribution in [0.2, 0.25) is 0 Å². The van der Waals surface area contributed by atoms with Crippen LogP contribution in [-0.2, 0) is 4.79 Å². The van der Waals surface area contributed by atoms with E-state index in [0.717, 1.165) is 44.9 Å². The molecule has 0 aromatic rings. The van der Waals surface area contributed by atoms with Crippen LogP contribution in [-0.4, -0.2) is 57.3 Å². The average molecular weight is 1000 g/mol. The Morgan fingerprint density at radius 1 is 0.352 bits per heavy atom. The highest BCUT2D eigenvalue weighted by molar-refractivity contribution is 5.80. The second kappa shape index (κ2) is 59.7. The third-order valence-corrected chi connectivity index (χ3v) is 15.4. The molecule has 0 spiro atoms. The summed E-state index contributed by atoms with van der Waals surface area (Å²) < 4.78 is 0. The SMILES string of the molecule is CCCCCCCCCCCCC/C=C\C/C=C\CCCCCCCCCCCCCCCCCCC(O)C(=O)NC(CO)C(O)C(O)CCCCCCCCCCCCCCCCCCCCCCC. The van der Waals surface area contributed by atoms with Gasteiger partial charge < -0.3 is 25.7 Å². The lowest BCUT2D eigenvalue weighted by Crippen LogP contribution is -2.53. The molecule has 0 aromatic heterocycles. The van der Waals surface area contributed by atoms with E-state index >= 15 is 0 Å². The van der Waals surface area contributed by atoms with E-state index in [2.05, 4.69) is 43.5 Å². The molecule has 4 atom stereocenters. The monoisotopic (exact) mass is 1000 g/mol. The van der Waals surface area contributed by atoms with Crippen molar-refractivity contribution in [1.82, 2.24) is 5.32 Å². The van der Waals surface area contributed by atoms with E-state index in [-0.39, 0.29) is 0 Å². The summed E-state index contributed by atoms with van der Waals surface area (Å²) in [5, 5.41) is 44.1. The summed E-state index contributed by atoms with van der Waals surface area (Å²) in [6.07, 6.45) is 74.2. The molecule has 0 heterocycles. The van der Waals surface area contributed by atoms with Crippen molar-refractivity contribution in [2.45, 2.75) is 379 Å². The maximum absolute atomic E-state index is 12.6. The zero-order valence-electron chi connectivity index (χ0n) is 48.0. The van der Waals surface area contributed by atoms with Gasteiger partial charge in [0, 0.05) is 0 Å². The summed E-state index contributed by atoms with van der Waals surface area (Å²) in [5.41, 5.74) is 0. The molecule has 71 heavy (non-hydrogen) atoms. The molecule has 0 aliphatic rings. The Balaban J connectivity index is 3.55. The number of aliphatic hydroxyl groups is 4. The Kier molecular flexibility index (Phi) is 58.6. The van der Waals surface area contributed by atoms with Gasteiger partial charge in [-0.3, -0.25) is 4.79 Å². The smallest absolute Gasteiger partial charge is 0.249 e. The molecule has 0 aliphatic heterocycles. The fourth-order valence-electron chi connectivity index (χ4n) is 10.4. The van der Waals surface area contributed by atoms with E-state index in [1.165, 1.54) is 283 Å². The molecule has 1 amide bonds. The van der Waals surface area contributed by atoms with Gasteiger partial charge in [0.05, 0.1) is 18.8 Å². The number of carbonyl (C=O) groups is 1. The summed E-state index contributed by atoms with van der Waals surface area (Å²) in [4.78, 5) is 12.6. The third kappa shape index (κ3) is 53.4. The topological polar surface area (TPSA) is 110 Å². The van der Waals surface area contributed by atoms with Gasteiger partial charge in [0.25, 0.3) is 0 Å². The van der Waals surface area contributed by atoms with Crippen LogP contribution in [0.3, 0.4) is 0 Å². The van der Waals surface area contributed by atoms with Gasteiger partial charge >= 0.3 is 0 Å². The van der Waals surface area contributed by atoms with Crippen LogP contribution >= 0.6 is 0 Å². The summed E-state index contributed by atoms with van der Waals surface area (Å²) in [7, 11) is 0. The molecular formula is C65H127NO5. The van der Waals surface area contributed by atoms with Gasteiger partial charge in [-0.15, -0.1) is 0 Å². The Morgan fingerprint density at radius 2 is 0.606 bits per heavy atom. The number of amides is 1. The largest absolute Gasteiger partial charge is 0.394 e. The van der Waals surface area contributed by atoms with Crippen LogP contribution in [0.4, 0.5) is 0 Å². The standard InChI is InChI=1S/C65H127NO5/c1-3-5-7-9-11-13-15-17-19-21-23-25-26-27-28-29-30-31-32-33-34-35-36-37-39-41-43-45-47-49-51-53-55-57-59-63(69)65(71)66-61(60-67)64(70)62(68)58-56-54-52-50-48-46-44-42-40-38-24-22-20-18-16-14-12-10-8-6-4-2/h26-27,29-30,61-64,67-70H,3-25,28,31-60H2,1-2H3,(H,66,71)/b27-26-,30-29-. The number of hydrogen-bond acceptors (Lipinski definition) is 5. The van der Waals surface area contributed by atoms with Crippen LogP contribution < -0.4 is 5.32 Å². The average Bonchev–Trinajstić information content (AvgIpc) is 3.38. The molecule has 4 unspecified atom stereocenters. The number of aliphatic hydroxyl groups excluding tert-OH is 4. The maximum Gasteiger partial charge on any atom is 0.249 e. The maximum atomic E-state index is 12.6. The molecule has 0 aliphatic carbocycles. The van der Waals surface area contributed by atoms with Gasteiger partial charge in [-0.2, -0.15) is 0 Å². The first-order chi connectivity index (χ1) is 35.0. The van der Waals surface area contributed by atoms with Crippen molar-refractivity contribution in [3.63, 3.8) is 0 Å². The third-order valence-electron chi connectivity index (χ3n) is 15.4. The molecule has 0 radical (unpaired) electrons. The normalized spacial score (nSPS) is 13.7. The van der Waals surface area contributed by atoms with E-state index in [4.69, 9.17) is 0 Å². The lowest BCUT2D eigenvalue weighted by molar-refractivity contribution is -0.132. The van der Waals surface area contributed by atoms with Gasteiger partial charge in [0.2, 0.25) is 5.91 Å². The van der Waals surface area contributed by atoms with Crippen molar-refractivity contribution < 1.29 is 25.2 Å². The van der Waals surface area contributed by atoms with Crippen LogP contribution in [0.25, 0.3) is 0 Å². The second-order valence-corrected chi connectivity index (χ2v) is 22.5. The highest BCUT2D eigenvalue weighted by Gasteiger charge is 2.28. The lowest BCUT2D eigenvalue weighted by atomic mass is 9.99. The highest BCUT2D eigenvalue weighted by Crippen LogP contribution is 2.19. The Bertz CT molecular complexity index is 1080. The van der Waals surface area contributed by atoms with E-state index in [1.54, 1.807) is 0 Å². The number of allylic oxidation sites excluding steroid dienone is 4. The lowest BCUT2D eigenvalue weighted by Gasteiger charge is -2.27. The summed E-state index contributed by atoms with van der Waals surface area (Å²) in [5.74, 6) is -0.578. The van der Waals surface area contributed by atoms with E-state index in [0.29, 0.717) is 12.8 Å². The van der Waals surface area contributed by atoms with Crippen LogP contribution in [0.5, 0.6) is 0 Å². The predicted octanol–water partition coefficient (Wildman–Crippen LogP) is 19.4. The van der Waals surface area contributed by atoms with E-state index in [1.807, 2.05) is 0 Å². The van der Waals surface area contributed by atoms with Gasteiger partial charge in [0.1, 0.15) is 12.2 Å². The van der Waals surface area contributed by atoms with Crippen molar-refractivity contribution in [2.75, 3.05) is 6.61 Å². The highest BCUT2D eigenvalue weighted by atomic mass is 16.3. The molecule has 0 saturated heterocycles. The van der Waals surface area contributed by atoms with Crippen LogP contribution in [0.1, 0.15) is 354 Å². The van der Waals surface area contributed by atoms with E-state index in [9.17, 15) is 25.2 Å². The minimum absolute atomic E-state index is 0.372. The molecule has 0 bridgehead atoms. The molecular weight excluding hydrogens is 875 g/mol. The van der Waals surface area contributed by atoms with Gasteiger partial charge in [-0.1, -0.05) is 334 Å².